The van der Waals surface area contributed by atoms with Crippen LogP contribution in [-0.4, -0.2) is 19.6 Å². The molecule has 5 nitrogen and oxygen atoms in total. The van der Waals surface area contributed by atoms with E-state index in [0.29, 0.717) is 11.4 Å². The third kappa shape index (κ3) is 9.19. The number of aromatic hydroxyl groups is 1. The number of pyridine rings is 1. The number of benzene rings is 7. The van der Waals surface area contributed by atoms with Gasteiger partial charge in [0.1, 0.15) is 22.7 Å². The molecule has 362 valence electrons. The van der Waals surface area contributed by atoms with Gasteiger partial charge < -0.3 is 9.52 Å². The van der Waals surface area contributed by atoms with E-state index in [4.69, 9.17) is 14.4 Å². The van der Waals surface area contributed by atoms with Crippen LogP contribution < -0.4 is 0 Å². The minimum Gasteiger partial charge on any atom is -0.507 e. The van der Waals surface area contributed by atoms with Crippen LogP contribution in [0.2, 0.25) is 0 Å². The van der Waals surface area contributed by atoms with E-state index in [2.05, 4.69) is 228 Å². The van der Waals surface area contributed by atoms with Crippen molar-refractivity contribution in [3.63, 3.8) is 0 Å². The van der Waals surface area contributed by atoms with Crippen molar-refractivity contribution >= 4 is 33.0 Å². The van der Waals surface area contributed by atoms with Crippen molar-refractivity contribution < 1.29 is 30.6 Å². The van der Waals surface area contributed by atoms with Crippen LogP contribution in [0.4, 0.5) is 0 Å². The number of nitrogens with zero attached hydrogens (tertiary/aromatic N) is 3. The molecule has 0 spiro atoms. The number of phenols is 1. The first-order chi connectivity index (χ1) is 33.0. The molecule has 3 aromatic heterocycles. The van der Waals surface area contributed by atoms with Gasteiger partial charge in [-0.2, -0.15) is 0 Å². The summed E-state index contributed by atoms with van der Waals surface area (Å²) < 4.78 is 8.64. The van der Waals surface area contributed by atoms with Crippen molar-refractivity contribution in [2.24, 2.45) is 0 Å². The summed E-state index contributed by atoms with van der Waals surface area (Å²) in [5.41, 5.74) is 17.9. The number of phenolic OH excluding ortho intramolecular Hbond substituents is 1. The van der Waals surface area contributed by atoms with Gasteiger partial charge in [-0.1, -0.05) is 173 Å². The first-order valence-corrected chi connectivity index (χ1v) is 24.6. The minimum absolute atomic E-state index is 0. The zero-order valence-electron chi connectivity index (χ0n) is 43.4. The topological polar surface area (TPSA) is 64.1 Å². The quantitative estimate of drug-likeness (QED) is 0.169. The van der Waals surface area contributed by atoms with Crippen molar-refractivity contribution in [1.29, 1.82) is 0 Å². The molecule has 0 amide bonds. The van der Waals surface area contributed by atoms with Crippen LogP contribution in [0.5, 0.6) is 5.75 Å². The van der Waals surface area contributed by atoms with Crippen LogP contribution in [-0.2, 0) is 42.7 Å². The Kier molecular flexibility index (Phi) is 12.5. The van der Waals surface area contributed by atoms with E-state index in [1.807, 2.05) is 18.3 Å². The molecule has 10 rings (SSSR count). The predicted molar refractivity (Wildman–Crippen MR) is 293 cm³/mol. The second kappa shape index (κ2) is 17.9. The zero-order valence-corrected chi connectivity index (χ0v) is 45.6. The van der Waals surface area contributed by atoms with Crippen LogP contribution in [0.1, 0.15) is 111 Å². The first-order valence-electron chi connectivity index (χ1n) is 24.6. The van der Waals surface area contributed by atoms with E-state index in [-0.39, 0.29) is 48.5 Å². The maximum Gasteiger partial charge on any atom is 0.148 e. The summed E-state index contributed by atoms with van der Waals surface area (Å²) in [6, 6.07) is 53.5. The Morgan fingerprint density at radius 3 is 1.89 bits per heavy atom. The Hall–Kier alpha value is -6.55. The summed E-state index contributed by atoms with van der Waals surface area (Å²) in [6.07, 6.45) is 1.90. The molecule has 0 radical (unpaired) electrons. The molecule has 0 unspecified atom stereocenters. The predicted octanol–water partition coefficient (Wildman–Crippen LogP) is 17.7. The van der Waals surface area contributed by atoms with Crippen molar-refractivity contribution in [1.82, 2.24) is 14.5 Å². The Morgan fingerprint density at radius 2 is 1.18 bits per heavy atom. The number of hydrogen-bond acceptors (Lipinski definition) is 4. The summed E-state index contributed by atoms with van der Waals surface area (Å²) >= 11 is 0. The minimum atomic E-state index is -0.339. The fourth-order valence-electron chi connectivity index (χ4n) is 9.82. The van der Waals surface area contributed by atoms with Gasteiger partial charge in [-0.25, -0.2) is 4.98 Å². The number of hydrogen-bond donors (Lipinski definition) is 1. The van der Waals surface area contributed by atoms with Gasteiger partial charge in [0.05, 0.1) is 22.3 Å². The van der Waals surface area contributed by atoms with Gasteiger partial charge in [0.25, 0.3) is 0 Å². The van der Waals surface area contributed by atoms with Gasteiger partial charge in [-0.3, -0.25) is 9.55 Å². The number of para-hydroxylation sites is 2. The van der Waals surface area contributed by atoms with Crippen LogP contribution in [0.25, 0.3) is 94.7 Å². The number of imidazole rings is 1. The molecule has 6 heteroatoms. The number of furan rings is 1. The zero-order chi connectivity index (χ0) is 49.7. The van der Waals surface area contributed by atoms with Crippen molar-refractivity contribution in [3.05, 3.63) is 180 Å². The van der Waals surface area contributed by atoms with Crippen molar-refractivity contribution in [2.45, 2.75) is 112 Å². The normalized spacial score (nSPS) is 12.5. The van der Waals surface area contributed by atoms with E-state index in [0.717, 1.165) is 100.0 Å². The van der Waals surface area contributed by atoms with E-state index in [9.17, 15) is 5.11 Å². The fraction of sp³-hybridized carbons (Fsp3) is 0.262. The standard InChI is InChI=1S/C65H64N3O2.Pt/c1-39-30-51-48-22-17-18-25-57(48)70-58(51)38-49(39)41-28-29-66-54(34-41)43-31-42(32-45(33-43)63(5,6)7)47-23-19-24-56-59(47)67-61(52-36-46(64(8,9)10)37-53(60(52)69)65(11,12)13)68(56)55-27-26-44(62(2,3)4)35-50(55)40-20-15-14-16-21-40;/h14-30,32-38,69H,1-13H3;/q-1;. The van der Waals surface area contributed by atoms with Gasteiger partial charge in [0.2, 0.25) is 0 Å². The van der Waals surface area contributed by atoms with E-state index >= 15 is 0 Å². The first kappa shape index (κ1) is 49.4. The van der Waals surface area contributed by atoms with Gasteiger partial charge >= 0.3 is 0 Å². The van der Waals surface area contributed by atoms with E-state index < -0.39 is 0 Å². The van der Waals surface area contributed by atoms with Crippen LogP contribution >= 0.6 is 0 Å². The van der Waals surface area contributed by atoms with Crippen molar-refractivity contribution in [2.75, 3.05) is 0 Å². The molecule has 0 aliphatic rings. The molecule has 10 aromatic rings. The molecule has 0 bridgehead atoms. The van der Waals surface area contributed by atoms with E-state index in [1.165, 1.54) is 11.1 Å². The summed E-state index contributed by atoms with van der Waals surface area (Å²) in [7, 11) is 0. The maximum atomic E-state index is 12.6. The third-order valence-corrected chi connectivity index (χ3v) is 14.0. The molecule has 0 fully saturated rings. The van der Waals surface area contributed by atoms with Gasteiger partial charge in [-0.15, -0.1) is 29.3 Å². The molecular formula is C65H64N3O2Pt-. The number of fused-ring (bicyclic) bond motifs is 4. The second-order valence-corrected chi connectivity index (χ2v) is 23.3. The van der Waals surface area contributed by atoms with Crippen molar-refractivity contribution in [3.8, 4) is 67.5 Å². The van der Waals surface area contributed by atoms with Crippen LogP contribution in [0.15, 0.2) is 150 Å². The second-order valence-electron chi connectivity index (χ2n) is 23.3. The average Bonchev–Trinajstić information content (AvgIpc) is 3.88. The van der Waals surface area contributed by atoms with Gasteiger partial charge in [0, 0.05) is 54.9 Å². The Morgan fingerprint density at radius 1 is 0.521 bits per heavy atom. The molecule has 3 heterocycles. The number of aryl methyl sites for hydroxylation is 1. The molecular weight excluding hydrogens is 1050 g/mol. The van der Waals surface area contributed by atoms with Crippen LogP contribution in [0, 0.1) is 13.0 Å². The number of aromatic nitrogens is 3. The Labute approximate surface area is 434 Å². The summed E-state index contributed by atoms with van der Waals surface area (Å²) in [5.74, 6) is 0.922. The maximum absolute atomic E-state index is 12.6. The molecule has 0 aliphatic heterocycles. The molecule has 0 saturated heterocycles. The summed E-state index contributed by atoms with van der Waals surface area (Å²) in [6.45, 7) is 28.9. The molecule has 0 saturated carbocycles. The van der Waals surface area contributed by atoms with Crippen LogP contribution in [0.3, 0.4) is 0 Å². The molecule has 71 heavy (non-hydrogen) atoms. The monoisotopic (exact) mass is 1110 g/mol. The molecule has 7 aromatic carbocycles. The van der Waals surface area contributed by atoms with E-state index in [1.54, 1.807) is 0 Å². The smallest absolute Gasteiger partial charge is 0.148 e. The molecule has 0 atom stereocenters. The summed E-state index contributed by atoms with van der Waals surface area (Å²) in [4.78, 5) is 10.7. The van der Waals surface area contributed by atoms with Gasteiger partial charge in [0.15, 0.2) is 0 Å². The van der Waals surface area contributed by atoms with Gasteiger partial charge in [-0.05, 0) is 110 Å². The number of rotatable bonds is 6. The summed E-state index contributed by atoms with van der Waals surface area (Å²) in [5, 5.41) is 14.9. The SMILES string of the molecule is Cc1cc2c(cc1-c1ccnc(-c3[c-]c(-c4cccc5c4nc(-c4cc(C(C)(C)C)cc(C(C)(C)C)c4O)n5-c4ccc(C(C)(C)C)cc4-c4ccccc4)cc(C(C)(C)C)c3)c1)oc1ccccc12.[Pt]. The fourth-order valence-corrected chi connectivity index (χ4v) is 9.82. The average molecular weight is 1110 g/mol. The molecule has 0 aliphatic carbocycles. The largest absolute Gasteiger partial charge is 0.507 e. The Bertz CT molecular complexity index is 3660. The molecule has 1 N–H and O–H groups in total. The third-order valence-electron chi connectivity index (χ3n) is 14.0. The Balaban J connectivity index is 0.00000624.